The smallest absolute Gasteiger partial charge is 0.267 e. The van der Waals surface area contributed by atoms with Crippen molar-refractivity contribution in [1.82, 2.24) is 19.4 Å². The van der Waals surface area contributed by atoms with Crippen molar-refractivity contribution >= 4 is 16.4 Å². The first kappa shape index (κ1) is 15.7. The van der Waals surface area contributed by atoms with Crippen molar-refractivity contribution in [3.05, 3.63) is 40.9 Å². The van der Waals surface area contributed by atoms with E-state index in [0.717, 1.165) is 29.3 Å². The van der Waals surface area contributed by atoms with E-state index in [1.54, 1.807) is 15.5 Å². The average Bonchev–Trinajstić information content (AvgIpc) is 3.06. The standard InChI is InChI=1S/C18H24N4O/c1-2-3-4-5-6-7-10-13-21-18(23)16-12-9-8-11-15(16)17-20-19-14-22(17)21/h8-9,11-12,14H,2-7,10,13H2,1H3. The van der Waals surface area contributed by atoms with Crippen molar-refractivity contribution in [2.24, 2.45) is 0 Å². The fourth-order valence-electron chi connectivity index (χ4n) is 3.11. The molecule has 0 saturated heterocycles. The Morgan fingerprint density at radius 2 is 1.65 bits per heavy atom. The van der Waals surface area contributed by atoms with Gasteiger partial charge in [-0.1, -0.05) is 63.6 Å². The molecule has 0 fully saturated rings. The molecule has 2 aromatic heterocycles. The lowest BCUT2D eigenvalue weighted by Gasteiger charge is -2.10. The zero-order valence-corrected chi connectivity index (χ0v) is 13.7. The largest absolute Gasteiger partial charge is 0.273 e. The number of aromatic nitrogens is 4. The minimum Gasteiger partial charge on any atom is -0.267 e. The molecule has 0 aliphatic rings. The fraction of sp³-hybridized carbons (Fsp3) is 0.500. The summed E-state index contributed by atoms with van der Waals surface area (Å²) >= 11 is 0. The number of benzene rings is 1. The van der Waals surface area contributed by atoms with Gasteiger partial charge in [0.25, 0.3) is 5.56 Å². The Morgan fingerprint density at radius 1 is 0.957 bits per heavy atom. The molecular weight excluding hydrogens is 288 g/mol. The maximum absolute atomic E-state index is 12.7. The van der Waals surface area contributed by atoms with Gasteiger partial charge in [-0.15, -0.1) is 10.2 Å². The number of aryl methyl sites for hydroxylation is 1. The Kier molecular flexibility index (Phi) is 5.05. The van der Waals surface area contributed by atoms with Crippen LogP contribution >= 0.6 is 0 Å². The molecule has 0 atom stereocenters. The van der Waals surface area contributed by atoms with Crippen LogP contribution in [0.25, 0.3) is 16.4 Å². The summed E-state index contributed by atoms with van der Waals surface area (Å²) in [4.78, 5) is 12.7. The summed E-state index contributed by atoms with van der Waals surface area (Å²) in [6.07, 6.45) is 10.3. The second-order valence-electron chi connectivity index (χ2n) is 6.09. The van der Waals surface area contributed by atoms with Crippen LogP contribution in [0.15, 0.2) is 35.4 Å². The van der Waals surface area contributed by atoms with Crippen LogP contribution in [0.3, 0.4) is 0 Å². The van der Waals surface area contributed by atoms with E-state index in [1.807, 2.05) is 24.3 Å². The molecular formula is C18H24N4O. The molecule has 0 N–H and O–H groups in total. The SMILES string of the molecule is CCCCCCCCCn1c(=O)c2ccccc2c2nncn21. The molecule has 0 amide bonds. The van der Waals surface area contributed by atoms with Gasteiger partial charge in [0.05, 0.1) is 5.39 Å². The van der Waals surface area contributed by atoms with E-state index in [0.29, 0.717) is 6.54 Å². The Bertz CT molecular complexity index is 834. The summed E-state index contributed by atoms with van der Waals surface area (Å²) in [5.74, 6) is 0. The van der Waals surface area contributed by atoms with Crippen LogP contribution in [0.1, 0.15) is 51.9 Å². The van der Waals surface area contributed by atoms with Crippen LogP contribution in [0.5, 0.6) is 0 Å². The molecule has 0 spiro atoms. The van der Waals surface area contributed by atoms with Crippen LogP contribution in [-0.2, 0) is 6.54 Å². The molecule has 0 bridgehead atoms. The second kappa shape index (κ2) is 7.40. The van der Waals surface area contributed by atoms with E-state index in [2.05, 4.69) is 17.1 Å². The summed E-state index contributed by atoms with van der Waals surface area (Å²) in [6, 6.07) is 7.62. The number of fused-ring (bicyclic) bond motifs is 3. The predicted octanol–water partition coefficient (Wildman–Crippen LogP) is 3.79. The lowest BCUT2D eigenvalue weighted by atomic mass is 10.1. The zero-order valence-electron chi connectivity index (χ0n) is 13.7. The van der Waals surface area contributed by atoms with E-state index in [1.165, 1.54) is 32.1 Å². The van der Waals surface area contributed by atoms with Crippen molar-refractivity contribution in [2.75, 3.05) is 0 Å². The molecule has 0 aliphatic carbocycles. The summed E-state index contributed by atoms with van der Waals surface area (Å²) < 4.78 is 3.56. The van der Waals surface area contributed by atoms with Crippen molar-refractivity contribution in [3.63, 3.8) is 0 Å². The number of rotatable bonds is 8. The minimum absolute atomic E-state index is 0.0406. The van der Waals surface area contributed by atoms with E-state index in [9.17, 15) is 4.79 Å². The topological polar surface area (TPSA) is 52.2 Å². The normalized spacial score (nSPS) is 11.5. The molecule has 3 aromatic rings. The predicted molar refractivity (Wildman–Crippen MR) is 92.7 cm³/mol. The number of unbranched alkanes of at least 4 members (excludes halogenated alkanes) is 6. The fourth-order valence-corrected chi connectivity index (χ4v) is 3.11. The maximum Gasteiger partial charge on any atom is 0.273 e. The molecule has 122 valence electrons. The van der Waals surface area contributed by atoms with Crippen molar-refractivity contribution in [1.29, 1.82) is 0 Å². The van der Waals surface area contributed by atoms with Gasteiger partial charge in [-0.25, -0.2) is 9.20 Å². The summed E-state index contributed by atoms with van der Waals surface area (Å²) in [5.41, 5.74) is 0.794. The van der Waals surface area contributed by atoms with E-state index >= 15 is 0 Å². The lowest BCUT2D eigenvalue weighted by molar-refractivity contribution is 0.492. The Hall–Kier alpha value is -2.17. The third-order valence-corrected chi connectivity index (χ3v) is 4.40. The van der Waals surface area contributed by atoms with Crippen LogP contribution in [0.4, 0.5) is 0 Å². The molecule has 5 nitrogen and oxygen atoms in total. The monoisotopic (exact) mass is 312 g/mol. The summed E-state index contributed by atoms with van der Waals surface area (Å²) in [5, 5.41) is 9.75. The minimum atomic E-state index is 0.0406. The average molecular weight is 312 g/mol. The highest BCUT2D eigenvalue weighted by atomic mass is 16.1. The van der Waals surface area contributed by atoms with Crippen molar-refractivity contribution in [2.45, 2.75) is 58.4 Å². The van der Waals surface area contributed by atoms with Crippen LogP contribution < -0.4 is 5.56 Å². The van der Waals surface area contributed by atoms with Gasteiger partial charge in [-0.05, 0) is 12.5 Å². The Balaban J connectivity index is 1.76. The summed E-state index contributed by atoms with van der Waals surface area (Å²) in [6.45, 7) is 2.95. The van der Waals surface area contributed by atoms with Gasteiger partial charge in [-0.2, -0.15) is 0 Å². The molecule has 1 aromatic carbocycles. The number of hydrogen-bond acceptors (Lipinski definition) is 3. The van der Waals surface area contributed by atoms with Crippen LogP contribution in [0.2, 0.25) is 0 Å². The summed E-state index contributed by atoms with van der Waals surface area (Å²) in [7, 11) is 0. The Morgan fingerprint density at radius 3 is 2.43 bits per heavy atom. The van der Waals surface area contributed by atoms with Gasteiger partial charge in [0.2, 0.25) is 0 Å². The van der Waals surface area contributed by atoms with E-state index < -0.39 is 0 Å². The highest BCUT2D eigenvalue weighted by molar-refractivity contribution is 5.92. The van der Waals surface area contributed by atoms with Gasteiger partial charge in [-0.3, -0.25) is 4.79 Å². The van der Waals surface area contributed by atoms with Gasteiger partial charge in [0.15, 0.2) is 5.65 Å². The second-order valence-corrected chi connectivity index (χ2v) is 6.09. The van der Waals surface area contributed by atoms with Gasteiger partial charge in [0, 0.05) is 11.9 Å². The highest BCUT2D eigenvalue weighted by Gasteiger charge is 2.11. The quantitative estimate of drug-likeness (QED) is 0.595. The Labute approximate surface area is 135 Å². The van der Waals surface area contributed by atoms with Gasteiger partial charge in [0.1, 0.15) is 6.33 Å². The van der Waals surface area contributed by atoms with Crippen LogP contribution in [-0.4, -0.2) is 19.4 Å². The first-order chi connectivity index (χ1) is 11.3. The van der Waals surface area contributed by atoms with Gasteiger partial charge < -0.3 is 0 Å². The number of nitrogens with zero attached hydrogens (tertiary/aromatic N) is 4. The van der Waals surface area contributed by atoms with Gasteiger partial charge >= 0.3 is 0 Å². The molecule has 0 unspecified atom stereocenters. The molecule has 3 rings (SSSR count). The first-order valence-electron chi connectivity index (χ1n) is 8.64. The zero-order chi connectivity index (χ0) is 16.1. The molecule has 5 heteroatoms. The molecule has 23 heavy (non-hydrogen) atoms. The molecule has 0 radical (unpaired) electrons. The highest BCUT2D eigenvalue weighted by Crippen LogP contribution is 2.15. The molecule has 2 heterocycles. The molecule has 0 saturated carbocycles. The van der Waals surface area contributed by atoms with Crippen molar-refractivity contribution in [3.8, 4) is 0 Å². The van der Waals surface area contributed by atoms with E-state index in [-0.39, 0.29) is 5.56 Å². The first-order valence-corrected chi connectivity index (χ1v) is 8.64. The lowest BCUT2D eigenvalue weighted by Crippen LogP contribution is -2.26. The third-order valence-electron chi connectivity index (χ3n) is 4.40. The maximum atomic E-state index is 12.7. The molecule has 0 aliphatic heterocycles. The third kappa shape index (κ3) is 3.28. The van der Waals surface area contributed by atoms with Crippen molar-refractivity contribution < 1.29 is 0 Å². The van der Waals surface area contributed by atoms with E-state index in [4.69, 9.17) is 0 Å². The number of hydrogen-bond donors (Lipinski definition) is 0. The van der Waals surface area contributed by atoms with Crippen LogP contribution in [0, 0.1) is 0 Å².